The molecule has 0 radical (unpaired) electrons. The molecule has 0 aromatic carbocycles. The highest BCUT2D eigenvalue weighted by atomic mass is 32.2. The number of aliphatic imine (C=N–C) groups is 1. The highest BCUT2D eigenvalue weighted by Gasteiger charge is 2.56. The molecule has 236 valence electrons. The normalized spacial score (nSPS) is 19.4. The van der Waals surface area contributed by atoms with E-state index in [-0.39, 0.29) is 34.5 Å². The molecule has 2 fully saturated rings. The largest absolute Gasteiger partial charge is 0.478 e. The van der Waals surface area contributed by atoms with Crippen LogP contribution in [0.3, 0.4) is 0 Å². The Bertz CT molecular complexity index is 1470. The van der Waals surface area contributed by atoms with Crippen molar-refractivity contribution in [2.75, 3.05) is 25.9 Å². The number of aromatic nitrogens is 4. The number of amides is 2. The van der Waals surface area contributed by atoms with E-state index < -0.39 is 51.5 Å². The Morgan fingerprint density at radius 2 is 2.09 bits per heavy atom. The number of oxime groups is 1. The van der Waals surface area contributed by atoms with Gasteiger partial charge in [0, 0.05) is 37.5 Å². The zero-order chi connectivity index (χ0) is 31.8. The third-order valence-electron chi connectivity index (χ3n) is 6.00. The van der Waals surface area contributed by atoms with Gasteiger partial charge < -0.3 is 37.8 Å². The number of carbonyl (C=O) groups is 3. The first-order chi connectivity index (χ1) is 20.4. The number of nitrogens with one attached hydrogen (secondary N) is 2. The predicted molar refractivity (Wildman–Crippen MR) is 152 cm³/mol. The minimum absolute atomic E-state index is 0.0425. The lowest BCUT2D eigenvalue weighted by Gasteiger charge is -2.43. The van der Waals surface area contributed by atoms with E-state index in [9.17, 15) is 32.5 Å². The summed E-state index contributed by atoms with van der Waals surface area (Å²) in [6.45, 7) is 1.59. The zero-order valence-electron chi connectivity index (χ0n) is 22.9. The van der Waals surface area contributed by atoms with Crippen LogP contribution in [0.5, 0.6) is 0 Å². The van der Waals surface area contributed by atoms with E-state index in [1.807, 2.05) is 0 Å². The Morgan fingerprint density at radius 1 is 1.37 bits per heavy atom. The van der Waals surface area contributed by atoms with E-state index in [1.165, 1.54) is 22.6 Å². The maximum atomic E-state index is 13.1. The molecule has 2 aromatic rings. The van der Waals surface area contributed by atoms with Crippen molar-refractivity contribution >= 4 is 56.6 Å². The Kier molecular flexibility index (Phi) is 11.0. The molecule has 3 heterocycles. The molecule has 22 heteroatoms. The third kappa shape index (κ3) is 8.41. The molecule has 2 unspecified atom stereocenters. The summed E-state index contributed by atoms with van der Waals surface area (Å²) in [6.07, 6.45) is 4.09. The van der Waals surface area contributed by atoms with Crippen LogP contribution in [0.2, 0.25) is 0 Å². The number of carbonyl (C=O) groups excluding carboxylic acids is 2. The van der Waals surface area contributed by atoms with Gasteiger partial charge in [0.1, 0.15) is 11.7 Å². The summed E-state index contributed by atoms with van der Waals surface area (Å²) < 4.78 is 34.5. The number of rotatable bonds is 14. The SMILES string of the molecule is CNCc1cn(CC2C(NC(=O)/C(=N\OC3(C(=O)O)CC3)c3csc(N)n3)C(=O)N2S(=O)(=O)O)nn1.NC=NCCCN. The molecule has 2 aromatic heterocycles. The van der Waals surface area contributed by atoms with Crippen molar-refractivity contribution in [1.82, 2.24) is 34.9 Å². The Hall–Kier alpha value is -4.25. The number of anilines is 1. The molecule has 1 aliphatic carbocycles. The Morgan fingerprint density at radius 3 is 2.63 bits per heavy atom. The van der Waals surface area contributed by atoms with Gasteiger partial charge >= 0.3 is 16.3 Å². The fraction of sp³-hybridized carbons (Fsp3) is 0.524. The van der Waals surface area contributed by atoms with E-state index in [4.69, 9.17) is 22.0 Å². The molecule has 1 aliphatic heterocycles. The number of hydrogen-bond donors (Lipinski definition) is 7. The van der Waals surface area contributed by atoms with E-state index in [0.29, 0.717) is 18.8 Å². The number of nitrogens with zero attached hydrogens (tertiary/aromatic N) is 7. The Balaban J connectivity index is 0.000000646. The van der Waals surface area contributed by atoms with E-state index in [2.05, 4.69) is 36.1 Å². The first kappa shape index (κ1) is 33.3. The molecule has 2 aliphatic rings. The van der Waals surface area contributed by atoms with Crippen LogP contribution >= 0.6 is 11.3 Å². The summed E-state index contributed by atoms with van der Waals surface area (Å²) in [4.78, 5) is 49.8. The molecule has 43 heavy (non-hydrogen) atoms. The number of carboxylic acids is 1. The van der Waals surface area contributed by atoms with Crippen molar-refractivity contribution in [1.29, 1.82) is 0 Å². The number of carboxylic acid groups (broad SMARTS) is 1. The smallest absolute Gasteiger partial charge is 0.362 e. The summed E-state index contributed by atoms with van der Waals surface area (Å²) in [6, 6.07) is -2.66. The van der Waals surface area contributed by atoms with Crippen LogP contribution in [0.25, 0.3) is 0 Å². The average molecular weight is 645 g/mol. The molecule has 0 bridgehead atoms. The van der Waals surface area contributed by atoms with Crippen molar-refractivity contribution < 1.29 is 37.3 Å². The number of thiazole rings is 1. The summed E-state index contributed by atoms with van der Waals surface area (Å²) >= 11 is 0.980. The van der Waals surface area contributed by atoms with E-state index >= 15 is 0 Å². The quantitative estimate of drug-likeness (QED) is 0.0267. The van der Waals surface area contributed by atoms with Gasteiger partial charge in [-0.15, -0.1) is 16.4 Å². The van der Waals surface area contributed by atoms with Crippen molar-refractivity contribution in [3.8, 4) is 0 Å². The topological polar surface area (TPSA) is 309 Å². The van der Waals surface area contributed by atoms with Crippen molar-refractivity contribution in [2.45, 2.75) is 50.0 Å². The maximum absolute atomic E-state index is 13.1. The van der Waals surface area contributed by atoms with Gasteiger partial charge in [0.25, 0.3) is 11.8 Å². The second-order valence-corrected chi connectivity index (χ2v) is 11.4. The fourth-order valence-corrected chi connectivity index (χ4v) is 5.10. The van der Waals surface area contributed by atoms with Crippen LogP contribution in [0.4, 0.5) is 5.13 Å². The van der Waals surface area contributed by atoms with Crippen molar-refractivity contribution in [2.24, 2.45) is 21.6 Å². The van der Waals surface area contributed by atoms with E-state index in [1.54, 1.807) is 7.05 Å². The fourth-order valence-electron chi connectivity index (χ4n) is 3.68. The number of β-lactam (4-membered cyclic amide) rings is 1. The van der Waals surface area contributed by atoms with Crippen molar-refractivity contribution in [3.05, 3.63) is 23.0 Å². The van der Waals surface area contributed by atoms with Gasteiger partial charge in [-0.05, 0) is 20.0 Å². The highest BCUT2D eigenvalue weighted by molar-refractivity contribution is 7.84. The summed E-state index contributed by atoms with van der Waals surface area (Å²) in [5.74, 6) is -3.37. The Labute approximate surface area is 249 Å². The minimum atomic E-state index is -4.95. The summed E-state index contributed by atoms with van der Waals surface area (Å²) in [5.41, 5.74) is 14.2. The van der Waals surface area contributed by atoms with Crippen LogP contribution in [0.15, 0.2) is 21.7 Å². The van der Waals surface area contributed by atoms with Gasteiger partial charge in [0.15, 0.2) is 10.8 Å². The molecule has 4 rings (SSSR count). The number of hydrogen-bond acceptors (Lipinski definition) is 15. The van der Waals surface area contributed by atoms with Crippen LogP contribution < -0.4 is 27.8 Å². The van der Waals surface area contributed by atoms with Gasteiger partial charge in [-0.25, -0.2) is 14.1 Å². The third-order valence-corrected chi connectivity index (χ3v) is 7.63. The monoisotopic (exact) mass is 644 g/mol. The molecular formula is C21H32N12O8S2. The molecule has 10 N–H and O–H groups in total. The molecule has 2 atom stereocenters. The van der Waals surface area contributed by atoms with Gasteiger partial charge in [-0.1, -0.05) is 10.4 Å². The van der Waals surface area contributed by atoms with E-state index in [0.717, 1.165) is 24.3 Å². The highest BCUT2D eigenvalue weighted by Crippen LogP contribution is 2.40. The molecule has 1 saturated heterocycles. The lowest BCUT2D eigenvalue weighted by atomic mass is 9.98. The van der Waals surface area contributed by atoms with Crippen LogP contribution in [-0.4, -0.2) is 110 Å². The maximum Gasteiger partial charge on any atom is 0.362 e. The molecule has 20 nitrogen and oxygen atoms in total. The van der Waals surface area contributed by atoms with Gasteiger partial charge in [0.05, 0.1) is 24.6 Å². The van der Waals surface area contributed by atoms with Gasteiger partial charge in [0.2, 0.25) is 5.60 Å². The van der Waals surface area contributed by atoms with Crippen molar-refractivity contribution in [3.63, 3.8) is 0 Å². The minimum Gasteiger partial charge on any atom is -0.478 e. The first-order valence-corrected chi connectivity index (χ1v) is 14.9. The standard InChI is InChI=1S/C17H21N9O8S2.C4H11N3/c1-19-4-8-5-25(24-22-8)6-10-12(14(28)26(10)36(31,32)33)21-13(27)11(9-7-35-16(18)20-9)23-34-17(2-3-17)15(29)30;5-2-1-3-7-4-6/h5,7,10,12,19H,2-4,6H2,1H3,(H2,18,20)(H,21,27)(H,29,30)(H,31,32,33);4H,1-3,5H2,(H2,6,7)/b23-11-;. The number of aliphatic carboxylic acids is 1. The molecule has 0 spiro atoms. The summed E-state index contributed by atoms with van der Waals surface area (Å²) in [5, 5.41) is 27.4. The molecular weight excluding hydrogens is 612 g/mol. The van der Waals surface area contributed by atoms with Gasteiger partial charge in [-0.2, -0.15) is 8.42 Å². The average Bonchev–Trinajstić information content (AvgIpc) is 3.42. The zero-order valence-corrected chi connectivity index (χ0v) is 24.5. The first-order valence-electron chi connectivity index (χ1n) is 12.6. The second-order valence-electron chi connectivity index (χ2n) is 9.19. The lowest BCUT2D eigenvalue weighted by Crippen LogP contribution is -2.73. The number of nitrogens with two attached hydrogens (primary N) is 3. The molecule has 1 saturated carbocycles. The number of nitrogen functional groups attached to an aromatic ring is 1. The second kappa shape index (κ2) is 14.3. The summed E-state index contributed by atoms with van der Waals surface area (Å²) in [7, 11) is -3.26. The van der Waals surface area contributed by atoms with Crippen LogP contribution in [0, 0.1) is 0 Å². The van der Waals surface area contributed by atoms with Crippen LogP contribution in [-0.2, 0) is 42.6 Å². The van der Waals surface area contributed by atoms with Crippen LogP contribution in [0.1, 0.15) is 30.7 Å². The predicted octanol–water partition coefficient (Wildman–Crippen LogP) is -3.11. The van der Waals surface area contributed by atoms with Gasteiger partial charge in [-0.3, -0.25) is 23.8 Å². The lowest BCUT2D eigenvalue weighted by molar-refractivity contribution is -0.153. The molecule has 2 amide bonds.